The molecule has 0 fully saturated rings. The number of carbonyl (C=O) groups is 2. The number of halogens is 1. The van der Waals surface area contributed by atoms with Gasteiger partial charge in [0.15, 0.2) is 6.10 Å². The summed E-state index contributed by atoms with van der Waals surface area (Å²) in [6, 6.07) is 5.80. The third kappa shape index (κ3) is 5.67. The van der Waals surface area contributed by atoms with Crippen LogP contribution in [0.5, 0.6) is 0 Å². The molecule has 2 aromatic rings. The van der Waals surface area contributed by atoms with Crippen molar-refractivity contribution in [3.8, 4) is 0 Å². The van der Waals surface area contributed by atoms with Crippen LogP contribution >= 0.6 is 0 Å². The highest BCUT2D eigenvalue weighted by atomic mass is 28.3. The first-order chi connectivity index (χ1) is 16.2. The lowest BCUT2D eigenvalue weighted by atomic mass is 9.91. The second-order valence-corrected chi connectivity index (χ2v) is 16.3. The van der Waals surface area contributed by atoms with Crippen LogP contribution in [0.25, 0.3) is 0 Å². The number of carbonyl (C=O) groups excluding carboxylic acids is 2. The van der Waals surface area contributed by atoms with Crippen molar-refractivity contribution < 1.29 is 23.5 Å². The fourth-order valence-electron chi connectivity index (χ4n) is 5.06. The number of hydrogen-bond acceptors (Lipinski definition) is 4. The van der Waals surface area contributed by atoms with Gasteiger partial charge in [-0.2, -0.15) is 0 Å². The topological polar surface area (TPSA) is 55.8 Å². The van der Waals surface area contributed by atoms with E-state index in [1.165, 1.54) is 17.3 Å². The molecule has 0 aromatic heterocycles. The predicted molar refractivity (Wildman–Crippen MR) is 139 cm³/mol. The molecule has 1 aliphatic rings. The van der Waals surface area contributed by atoms with Gasteiger partial charge in [-0.15, -0.1) is 0 Å². The number of esters is 1. The van der Waals surface area contributed by atoms with E-state index in [9.17, 15) is 14.0 Å². The van der Waals surface area contributed by atoms with Gasteiger partial charge in [-0.05, 0) is 87.6 Å². The Hall–Kier alpha value is -2.51. The molecule has 0 saturated heterocycles. The Morgan fingerprint density at radius 2 is 1.69 bits per heavy atom. The van der Waals surface area contributed by atoms with E-state index in [0.29, 0.717) is 18.7 Å². The molecule has 0 radical (unpaired) electrons. The van der Waals surface area contributed by atoms with Crippen LogP contribution in [0.3, 0.4) is 0 Å². The van der Waals surface area contributed by atoms with E-state index < -0.39 is 31.6 Å². The summed E-state index contributed by atoms with van der Waals surface area (Å²) in [6.07, 6.45) is -0.853. The molecule has 0 bridgehead atoms. The first-order valence-corrected chi connectivity index (χ1v) is 15.7. The van der Waals surface area contributed by atoms with E-state index in [2.05, 4.69) is 26.6 Å². The molecule has 1 heterocycles. The third-order valence-corrected chi connectivity index (χ3v) is 8.50. The predicted octanol–water partition coefficient (Wildman–Crippen LogP) is 5.56. The first kappa shape index (κ1) is 27.1. The largest absolute Gasteiger partial charge is 0.464 e. The molecule has 35 heavy (non-hydrogen) atoms. The van der Waals surface area contributed by atoms with Crippen LogP contribution < -0.4 is 5.19 Å². The standard InChI is InChI=1S/C28H38FNO4Si/c1-10-33-27(32)24(34-28(4,5)6)23-17(2)21-15-30(26(31)19-12-11-13-20(29)14-19)16-22(21)18(3)25(23)35(7,8)9/h11-14,24H,10,15-16H2,1-9H3/t24-/m0/s1. The first-order valence-electron chi connectivity index (χ1n) is 12.2. The van der Waals surface area contributed by atoms with Gasteiger partial charge < -0.3 is 14.4 Å². The third-order valence-electron chi connectivity index (χ3n) is 6.36. The maximum atomic E-state index is 13.8. The smallest absolute Gasteiger partial charge is 0.339 e. The Morgan fingerprint density at radius 1 is 1.09 bits per heavy atom. The molecule has 190 valence electrons. The van der Waals surface area contributed by atoms with E-state index in [0.717, 1.165) is 27.8 Å². The molecule has 1 amide bonds. The minimum atomic E-state index is -1.96. The Bertz CT molecular complexity index is 1150. The summed E-state index contributed by atoms with van der Waals surface area (Å²) in [5.41, 5.74) is 4.89. The summed E-state index contributed by atoms with van der Waals surface area (Å²) >= 11 is 0. The second-order valence-electron chi connectivity index (χ2n) is 11.3. The van der Waals surface area contributed by atoms with E-state index in [4.69, 9.17) is 9.47 Å². The zero-order valence-corrected chi connectivity index (χ0v) is 23.5. The summed E-state index contributed by atoms with van der Waals surface area (Å²) in [7, 11) is -1.96. The summed E-state index contributed by atoms with van der Waals surface area (Å²) < 4.78 is 25.6. The zero-order valence-electron chi connectivity index (χ0n) is 22.5. The average molecular weight is 500 g/mol. The van der Waals surface area contributed by atoms with Crippen molar-refractivity contribution in [2.24, 2.45) is 0 Å². The molecule has 1 aliphatic heterocycles. The number of rotatable bonds is 6. The number of ether oxygens (including phenoxy) is 2. The van der Waals surface area contributed by atoms with Gasteiger partial charge in [0.25, 0.3) is 5.91 Å². The summed E-state index contributed by atoms with van der Waals surface area (Å²) in [5, 5.41) is 1.18. The number of nitrogens with zero attached hydrogens (tertiary/aromatic N) is 1. The van der Waals surface area contributed by atoms with Crippen molar-refractivity contribution in [2.45, 2.75) is 86.0 Å². The van der Waals surface area contributed by atoms with Crippen LogP contribution in [-0.2, 0) is 27.4 Å². The van der Waals surface area contributed by atoms with E-state index >= 15 is 0 Å². The van der Waals surface area contributed by atoms with Crippen LogP contribution in [0.4, 0.5) is 4.39 Å². The molecule has 3 rings (SSSR count). The lowest BCUT2D eigenvalue weighted by molar-refractivity contribution is -0.166. The van der Waals surface area contributed by atoms with Gasteiger partial charge >= 0.3 is 5.97 Å². The minimum absolute atomic E-state index is 0.205. The highest BCUT2D eigenvalue weighted by molar-refractivity contribution is 6.89. The van der Waals surface area contributed by atoms with Crippen LogP contribution in [0.15, 0.2) is 24.3 Å². The number of hydrogen-bond donors (Lipinski definition) is 0. The average Bonchev–Trinajstić information content (AvgIpc) is 3.19. The quantitative estimate of drug-likeness (QED) is 0.386. The van der Waals surface area contributed by atoms with Gasteiger partial charge in [-0.25, -0.2) is 9.18 Å². The van der Waals surface area contributed by atoms with Gasteiger partial charge in [0.05, 0.1) is 20.3 Å². The minimum Gasteiger partial charge on any atom is -0.464 e. The van der Waals surface area contributed by atoms with Crippen molar-refractivity contribution in [1.82, 2.24) is 4.90 Å². The van der Waals surface area contributed by atoms with Crippen molar-refractivity contribution in [1.29, 1.82) is 0 Å². The summed E-state index contributed by atoms with van der Waals surface area (Å²) in [4.78, 5) is 28.2. The normalized spacial score (nSPS) is 14.6. The lowest BCUT2D eigenvalue weighted by Gasteiger charge is -2.34. The molecule has 0 aliphatic carbocycles. The fraction of sp³-hybridized carbons (Fsp3) is 0.500. The van der Waals surface area contributed by atoms with E-state index in [1.54, 1.807) is 24.0 Å². The molecular formula is C28H38FNO4Si. The Kier molecular flexibility index (Phi) is 7.63. The van der Waals surface area contributed by atoms with Crippen molar-refractivity contribution in [3.63, 3.8) is 0 Å². The van der Waals surface area contributed by atoms with Gasteiger partial charge in [-0.1, -0.05) is 30.9 Å². The lowest BCUT2D eigenvalue weighted by Crippen LogP contribution is -2.46. The van der Waals surface area contributed by atoms with Gasteiger partial charge in [0.2, 0.25) is 0 Å². The van der Waals surface area contributed by atoms with Crippen molar-refractivity contribution in [3.05, 3.63) is 63.5 Å². The maximum Gasteiger partial charge on any atom is 0.339 e. The molecule has 1 atom stereocenters. The molecule has 2 aromatic carbocycles. The second kappa shape index (κ2) is 9.86. The van der Waals surface area contributed by atoms with Gasteiger partial charge in [-0.3, -0.25) is 4.79 Å². The van der Waals surface area contributed by atoms with Crippen molar-refractivity contribution in [2.75, 3.05) is 6.61 Å². The molecule has 0 saturated carbocycles. The monoisotopic (exact) mass is 499 g/mol. The molecule has 5 nitrogen and oxygen atoms in total. The molecule has 7 heteroatoms. The van der Waals surface area contributed by atoms with E-state index in [-0.39, 0.29) is 12.5 Å². The number of amides is 1. The van der Waals surface area contributed by atoms with Gasteiger partial charge in [0, 0.05) is 18.7 Å². The van der Waals surface area contributed by atoms with Crippen LogP contribution in [0.1, 0.15) is 72.0 Å². The maximum absolute atomic E-state index is 13.8. The molecule has 0 unspecified atom stereocenters. The molecular weight excluding hydrogens is 461 g/mol. The van der Waals surface area contributed by atoms with Gasteiger partial charge in [0.1, 0.15) is 5.82 Å². The fourth-order valence-corrected chi connectivity index (χ4v) is 7.46. The number of benzene rings is 2. The van der Waals surface area contributed by atoms with Crippen LogP contribution in [-0.4, -0.2) is 37.1 Å². The summed E-state index contributed by atoms with van der Waals surface area (Å²) in [6.45, 7) is 19.6. The Balaban J connectivity index is 2.18. The number of fused-ring (bicyclic) bond motifs is 1. The van der Waals surface area contributed by atoms with Crippen molar-refractivity contribution >= 4 is 25.1 Å². The molecule has 0 N–H and O–H groups in total. The Labute approximate surface area is 209 Å². The highest BCUT2D eigenvalue weighted by Gasteiger charge is 2.39. The molecule has 0 spiro atoms. The highest BCUT2D eigenvalue weighted by Crippen LogP contribution is 2.37. The summed E-state index contributed by atoms with van der Waals surface area (Å²) in [5.74, 6) is -1.03. The van der Waals surface area contributed by atoms with E-state index in [1.807, 2.05) is 27.7 Å². The Morgan fingerprint density at radius 3 is 2.20 bits per heavy atom. The van der Waals surface area contributed by atoms with Crippen LogP contribution in [0.2, 0.25) is 19.6 Å². The SMILES string of the molecule is CCOC(=O)[C@@H](OC(C)(C)C)c1c(C)c2c(c(C)c1[Si](C)(C)C)CN(C(=O)c1cccc(F)c1)C2. The van der Waals surface area contributed by atoms with Crippen LogP contribution in [0, 0.1) is 19.7 Å². The zero-order chi connectivity index (χ0) is 26.3.